The summed E-state index contributed by atoms with van der Waals surface area (Å²) in [6.45, 7) is 4.04. The van der Waals surface area contributed by atoms with Gasteiger partial charge in [0.2, 0.25) is 5.95 Å². The van der Waals surface area contributed by atoms with Gasteiger partial charge in [0.1, 0.15) is 0 Å². The zero-order valence-corrected chi connectivity index (χ0v) is 16.0. The Balaban J connectivity index is 0.00000225. The summed E-state index contributed by atoms with van der Waals surface area (Å²) in [5.74, 6) is 2.37. The van der Waals surface area contributed by atoms with Gasteiger partial charge in [-0.3, -0.25) is 10.1 Å². The molecule has 1 aliphatic rings. The second-order valence-corrected chi connectivity index (χ2v) is 7.00. The van der Waals surface area contributed by atoms with Crippen molar-refractivity contribution in [2.45, 2.75) is 30.7 Å². The molecule has 0 unspecified atom stereocenters. The number of rotatable bonds is 5. The molecule has 0 saturated carbocycles. The van der Waals surface area contributed by atoms with Crippen LogP contribution in [-0.4, -0.2) is 44.5 Å². The van der Waals surface area contributed by atoms with Gasteiger partial charge in [0.15, 0.2) is 5.82 Å². The topological polar surface area (TPSA) is 84.7 Å². The van der Waals surface area contributed by atoms with Gasteiger partial charge in [-0.25, -0.2) is 9.67 Å². The number of pyridine rings is 1. The first-order valence-electron chi connectivity index (χ1n) is 8.19. The fraction of sp³-hybridized carbons (Fsp3) is 0.500. The van der Waals surface area contributed by atoms with Crippen LogP contribution < -0.4 is 10.6 Å². The third-order valence-electron chi connectivity index (χ3n) is 4.00. The molecule has 1 amide bonds. The molecule has 0 aromatic carbocycles. The van der Waals surface area contributed by atoms with Gasteiger partial charge in [-0.15, -0.1) is 24.2 Å². The highest BCUT2D eigenvalue weighted by Crippen LogP contribution is 2.23. The molecule has 3 rings (SSSR count). The lowest BCUT2D eigenvalue weighted by Gasteiger charge is -2.19. The third kappa shape index (κ3) is 4.93. The largest absolute Gasteiger partial charge is 0.317 e. The van der Waals surface area contributed by atoms with E-state index in [0.29, 0.717) is 17.4 Å². The van der Waals surface area contributed by atoms with Crippen LogP contribution in [0.1, 0.15) is 41.9 Å². The minimum atomic E-state index is -0.220. The van der Waals surface area contributed by atoms with Gasteiger partial charge in [-0.1, -0.05) is 6.92 Å². The van der Waals surface area contributed by atoms with E-state index in [4.69, 9.17) is 0 Å². The molecule has 0 bridgehead atoms. The summed E-state index contributed by atoms with van der Waals surface area (Å²) < 4.78 is 1.63. The van der Waals surface area contributed by atoms with Crippen LogP contribution in [0.15, 0.2) is 23.4 Å². The van der Waals surface area contributed by atoms with Crippen molar-refractivity contribution in [3.63, 3.8) is 0 Å². The highest BCUT2D eigenvalue weighted by Gasteiger charge is 2.21. The van der Waals surface area contributed by atoms with E-state index in [1.165, 1.54) is 0 Å². The number of piperidine rings is 1. The van der Waals surface area contributed by atoms with Crippen molar-refractivity contribution in [1.82, 2.24) is 25.1 Å². The lowest BCUT2D eigenvalue weighted by molar-refractivity contribution is 0.102. The van der Waals surface area contributed by atoms with E-state index in [-0.39, 0.29) is 18.3 Å². The summed E-state index contributed by atoms with van der Waals surface area (Å²) in [5.41, 5.74) is 0.516. The van der Waals surface area contributed by atoms with Crippen molar-refractivity contribution in [2.24, 2.45) is 7.05 Å². The molecule has 0 radical (unpaired) electrons. The first-order valence-corrected chi connectivity index (χ1v) is 9.17. The smallest absolute Gasteiger partial charge is 0.259 e. The number of nitrogens with zero attached hydrogens (tertiary/aromatic N) is 4. The van der Waals surface area contributed by atoms with E-state index in [2.05, 4.69) is 32.6 Å². The molecule has 2 aromatic heterocycles. The maximum Gasteiger partial charge on any atom is 0.259 e. The predicted molar refractivity (Wildman–Crippen MR) is 102 cm³/mol. The van der Waals surface area contributed by atoms with Crippen LogP contribution in [0, 0.1) is 0 Å². The van der Waals surface area contributed by atoms with Gasteiger partial charge in [0.25, 0.3) is 5.91 Å². The van der Waals surface area contributed by atoms with Crippen molar-refractivity contribution in [3.8, 4) is 0 Å². The van der Waals surface area contributed by atoms with Crippen LogP contribution >= 0.6 is 24.2 Å². The molecule has 136 valence electrons. The lowest BCUT2D eigenvalue weighted by Crippen LogP contribution is -2.27. The van der Waals surface area contributed by atoms with E-state index in [0.717, 1.165) is 42.5 Å². The number of aromatic nitrogens is 4. The minimum absolute atomic E-state index is 0. The van der Waals surface area contributed by atoms with E-state index in [9.17, 15) is 4.79 Å². The summed E-state index contributed by atoms with van der Waals surface area (Å²) in [4.78, 5) is 21.2. The molecule has 0 atom stereocenters. The van der Waals surface area contributed by atoms with Gasteiger partial charge < -0.3 is 5.32 Å². The monoisotopic (exact) mass is 382 g/mol. The zero-order valence-electron chi connectivity index (χ0n) is 14.4. The van der Waals surface area contributed by atoms with Gasteiger partial charge >= 0.3 is 0 Å². The number of thioether (sulfide) groups is 1. The Morgan fingerprint density at radius 3 is 2.80 bits per heavy atom. The molecule has 25 heavy (non-hydrogen) atoms. The Morgan fingerprint density at radius 1 is 1.40 bits per heavy atom. The quantitative estimate of drug-likeness (QED) is 0.773. The Morgan fingerprint density at radius 2 is 2.16 bits per heavy atom. The fourth-order valence-corrected chi connectivity index (χ4v) is 3.28. The summed E-state index contributed by atoms with van der Waals surface area (Å²) in [5, 5.41) is 11.5. The lowest BCUT2D eigenvalue weighted by atomic mass is 9.98. The maximum atomic E-state index is 12.4. The van der Waals surface area contributed by atoms with Crippen LogP contribution in [0.2, 0.25) is 0 Å². The van der Waals surface area contributed by atoms with E-state index in [1.54, 1.807) is 35.8 Å². The van der Waals surface area contributed by atoms with Gasteiger partial charge in [0.05, 0.1) is 10.6 Å². The summed E-state index contributed by atoms with van der Waals surface area (Å²) >= 11 is 1.65. The number of hydrogen-bond acceptors (Lipinski definition) is 6. The molecular weight excluding hydrogens is 360 g/mol. The first kappa shape index (κ1) is 19.7. The number of amides is 1. The van der Waals surface area contributed by atoms with Crippen molar-refractivity contribution < 1.29 is 4.79 Å². The number of hydrogen-bond donors (Lipinski definition) is 2. The number of carbonyl (C=O) groups is 1. The highest BCUT2D eigenvalue weighted by atomic mass is 35.5. The Bertz CT molecular complexity index is 699. The van der Waals surface area contributed by atoms with Crippen molar-refractivity contribution >= 4 is 36.0 Å². The van der Waals surface area contributed by atoms with Crippen LogP contribution in [0.25, 0.3) is 0 Å². The van der Waals surface area contributed by atoms with Crippen molar-refractivity contribution in [2.75, 3.05) is 24.2 Å². The fourth-order valence-electron chi connectivity index (χ4n) is 2.69. The first-order chi connectivity index (χ1) is 11.7. The summed E-state index contributed by atoms with van der Waals surface area (Å²) in [6.07, 6.45) is 3.65. The van der Waals surface area contributed by atoms with Crippen molar-refractivity contribution in [1.29, 1.82) is 0 Å². The van der Waals surface area contributed by atoms with Crippen molar-refractivity contribution in [3.05, 3.63) is 29.7 Å². The minimum Gasteiger partial charge on any atom is -0.317 e. The Kier molecular flexibility index (Phi) is 7.22. The van der Waals surface area contributed by atoms with E-state index in [1.807, 2.05) is 6.07 Å². The van der Waals surface area contributed by atoms with Gasteiger partial charge in [-0.05, 0) is 43.8 Å². The zero-order chi connectivity index (χ0) is 16.9. The van der Waals surface area contributed by atoms with E-state index >= 15 is 0 Å². The van der Waals surface area contributed by atoms with Crippen LogP contribution in [0.5, 0.6) is 0 Å². The Labute approximate surface area is 157 Å². The standard InChI is InChI=1S/C16H22N6OS.ClH/c1-3-24-13-5-4-12(10-18-13)15(23)20-16-19-14(21-22(16)2)11-6-8-17-9-7-11;/h4-5,10-11,17H,3,6-9H2,1-2H3,(H,19,20,21,23);1H. The molecule has 1 aliphatic heterocycles. The number of halogens is 1. The number of aryl methyl sites for hydroxylation is 1. The molecule has 0 spiro atoms. The molecule has 0 aliphatic carbocycles. The summed E-state index contributed by atoms with van der Waals surface area (Å²) in [6, 6.07) is 3.64. The number of anilines is 1. The normalized spacial score (nSPS) is 14.8. The average Bonchev–Trinajstić information content (AvgIpc) is 2.97. The number of nitrogens with one attached hydrogen (secondary N) is 2. The SMILES string of the molecule is CCSc1ccc(C(=O)Nc2nc(C3CCNCC3)nn2C)cn1.Cl. The summed E-state index contributed by atoms with van der Waals surface area (Å²) in [7, 11) is 1.80. The Hall–Kier alpha value is -1.64. The molecule has 3 heterocycles. The van der Waals surface area contributed by atoms with E-state index < -0.39 is 0 Å². The maximum absolute atomic E-state index is 12.4. The second kappa shape index (κ2) is 9.17. The average molecular weight is 383 g/mol. The molecule has 2 aromatic rings. The predicted octanol–water partition coefficient (Wildman–Crippen LogP) is 2.46. The van der Waals surface area contributed by atoms with Crippen LogP contribution in [0.3, 0.4) is 0 Å². The molecule has 1 saturated heterocycles. The molecular formula is C16H23ClN6OS. The number of carbonyl (C=O) groups excluding carboxylic acids is 1. The van der Waals surface area contributed by atoms with Crippen LogP contribution in [0.4, 0.5) is 5.95 Å². The second-order valence-electron chi connectivity index (χ2n) is 5.71. The van der Waals surface area contributed by atoms with Gasteiger partial charge in [0, 0.05) is 19.2 Å². The third-order valence-corrected chi connectivity index (χ3v) is 4.83. The molecule has 1 fully saturated rings. The highest BCUT2D eigenvalue weighted by molar-refractivity contribution is 7.99. The van der Waals surface area contributed by atoms with Crippen LogP contribution in [-0.2, 0) is 7.05 Å². The molecule has 2 N–H and O–H groups in total. The molecule has 9 heteroatoms. The van der Waals surface area contributed by atoms with Gasteiger partial charge in [-0.2, -0.15) is 10.1 Å². The molecule has 7 nitrogen and oxygen atoms in total.